The van der Waals surface area contributed by atoms with Crippen molar-refractivity contribution in [2.45, 2.75) is 153 Å². The number of aromatic hydroxyl groups is 1. The van der Waals surface area contributed by atoms with Gasteiger partial charge in [-0.25, -0.2) is 4.79 Å². The van der Waals surface area contributed by atoms with Crippen molar-refractivity contribution < 1.29 is 87.9 Å². The monoisotopic (exact) mass is 1180 g/mol. The lowest BCUT2D eigenvalue weighted by atomic mass is 10.00. The van der Waals surface area contributed by atoms with E-state index in [1.54, 1.807) is 56.3 Å². The Morgan fingerprint density at radius 1 is 0.607 bits per heavy atom. The Morgan fingerprint density at radius 2 is 1.17 bits per heavy atom. The van der Waals surface area contributed by atoms with E-state index in [9.17, 15) is 87.9 Å². The zero-order valence-electron chi connectivity index (χ0n) is 47.4. The Hall–Kier alpha value is -8.77. The molecule has 30 nitrogen and oxygen atoms in total. The van der Waals surface area contributed by atoms with E-state index >= 15 is 0 Å². The van der Waals surface area contributed by atoms with Gasteiger partial charge < -0.3 is 89.8 Å². The van der Waals surface area contributed by atoms with E-state index in [2.05, 4.69) is 47.9 Å². The Labute approximate surface area is 483 Å². The van der Waals surface area contributed by atoms with Crippen molar-refractivity contribution in [2.24, 2.45) is 23.3 Å². The molecule has 2 aromatic rings. The fourth-order valence-corrected chi connectivity index (χ4v) is 8.60. The summed E-state index contributed by atoms with van der Waals surface area (Å²) in [5.74, 6) is -14.9. The molecule has 0 unspecified atom stereocenters. The third-order valence-electron chi connectivity index (χ3n) is 13.3. The molecule has 2 aromatic carbocycles. The molecule has 0 saturated carbocycles. The van der Waals surface area contributed by atoms with Gasteiger partial charge in [0.1, 0.15) is 60.1 Å². The highest BCUT2D eigenvalue weighted by molar-refractivity contribution is 5.99. The van der Waals surface area contributed by atoms with Crippen LogP contribution in [0.3, 0.4) is 0 Å². The molecule has 462 valence electrons. The van der Waals surface area contributed by atoms with Gasteiger partial charge in [-0.1, -0.05) is 70.2 Å². The third kappa shape index (κ3) is 22.2. The van der Waals surface area contributed by atoms with Crippen LogP contribution in [-0.4, -0.2) is 194 Å². The van der Waals surface area contributed by atoms with E-state index < -0.39 is 188 Å². The number of benzene rings is 2. The third-order valence-corrected chi connectivity index (χ3v) is 13.3. The van der Waals surface area contributed by atoms with Gasteiger partial charge in [0.2, 0.25) is 65.0 Å². The lowest BCUT2D eigenvalue weighted by Gasteiger charge is -2.32. The molecule has 1 heterocycles. The lowest BCUT2D eigenvalue weighted by Crippen LogP contribution is -2.62. The van der Waals surface area contributed by atoms with Crippen molar-refractivity contribution >= 4 is 76.9 Å². The predicted octanol–water partition coefficient (Wildman–Crippen LogP) is -4.98. The Morgan fingerprint density at radius 3 is 1.73 bits per heavy atom. The van der Waals surface area contributed by atoms with Crippen molar-refractivity contribution in [1.29, 1.82) is 0 Å². The quantitative estimate of drug-likeness (QED) is 0.0318. The Bertz CT molecular complexity index is 2680. The first-order valence-electron chi connectivity index (χ1n) is 27.0. The largest absolute Gasteiger partial charge is 0.508 e. The van der Waals surface area contributed by atoms with Crippen LogP contribution in [0.15, 0.2) is 54.6 Å². The van der Waals surface area contributed by atoms with Crippen LogP contribution >= 0.6 is 0 Å². The van der Waals surface area contributed by atoms with Crippen molar-refractivity contribution in [3.63, 3.8) is 0 Å². The van der Waals surface area contributed by atoms with Crippen LogP contribution in [0.1, 0.15) is 84.8 Å². The fraction of sp³-hybridized carbons (Fsp3) is 0.537. The van der Waals surface area contributed by atoms with Crippen molar-refractivity contribution in [3.8, 4) is 5.75 Å². The molecule has 3 rings (SSSR count). The normalized spacial score (nSPS) is 16.5. The number of likely N-dealkylation sites (tertiary alicyclic amines) is 1. The second kappa shape index (κ2) is 33.4. The Balaban J connectivity index is 1.64. The zero-order valence-corrected chi connectivity index (χ0v) is 47.4. The van der Waals surface area contributed by atoms with Crippen LogP contribution in [0.2, 0.25) is 0 Å². The number of nitrogens with two attached hydrogens (primary N) is 2. The average Bonchev–Trinajstić information content (AvgIpc) is 3.57. The number of carboxylic acids is 2. The number of phenols is 1. The highest BCUT2D eigenvalue weighted by atomic mass is 16.4. The minimum absolute atomic E-state index is 0.0194. The molecule has 0 bridgehead atoms. The van der Waals surface area contributed by atoms with Gasteiger partial charge in [0.05, 0.1) is 31.7 Å². The van der Waals surface area contributed by atoms with Crippen LogP contribution in [0.4, 0.5) is 0 Å². The topological polar surface area (TPSA) is 487 Å². The maximum atomic E-state index is 14.0. The number of rotatable bonds is 33. The van der Waals surface area contributed by atoms with Crippen LogP contribution in [0.25, 0.3) is 0 Å². The summed E-state index contributed by atoms with van der Waals surface area (Å²) in [6.07, 6.45) is -3.30. The molecule has 0 radical (unpaired) electrons. The molecule has 0 aliphatic carbocycles. The fourth-order valence-electron chi connectivity index (χ4n) is 8.60. The summed E-state index contributed by atoms with van der Waals surface area (Å²) in [5.41, 5.74) is 12.8. The summed E-state index contributed by atoms with van der Waals surface area (Å²) in [6, 6.07) is -0.461. The second-order valence-corrected chi connectivity index (χ2v) is 20.9. The van der Waals surface area contributed by atoms with Crippen LogP contribution in [-0.2, 0) is 75.2 Å². The molecule has 0 aromatic heterocycles. The van der Waals surface area contributed by atoms with Gasteiger partial charge >= 0.3 is 11.9 Å². The summed E-state index contributed by atoms with van der Waals surface area (Å²) < 4.78 is 0. The number of nitrogens with one attached hydrogen (secondary N) is 9. The predicted molar refractivity (Wildman–Crippen MR) is 296 cm³/mol. The number of hydrogen-bond acceptors (Lipinski definition) is 17. The zero-order chi connectivity index (χ0) is 63.1. The van der Waals surface area contributed by atoms with Crippen LogP contribution in [0, 0.1) is 11.8 Å². The van der Waals surface area contributed by atoms with E-state index in [-0.39, 0.29) is 31.6 Å². The second-order valence-electron chi connectivity index (χ2n) is 20.9. The van der Waals surface area contributed by atoms with Gasteiger partial charge in [0, 0.05) is 19.4 Å². The number of hydrogen-bond donors (Lipinski definition) is 16. The van der Waals surface area contributed by atoms with E-state index in [1.807, 2.05) is 0 Å². The molecule has 11 amide bonds. The highest BCUT2D eigenvalue weighted by Gasteiger charge is 2.42. The number of aliphatic hydroxyl groups excluding tert-OH is 2. The smallest absolute Gasteiger partial charge is 0.326 e. The molecule has 1 saturated heterocycles. The number of amides is 11. The number of aliphatic hydroxyl groups is 2. The Kier molecular flexibility index (Phi) is 27.6. The molecule has 1 aliphatic rings. The highest BCUT2D eigenvalue weighted by Crippen LogP contribution is 2.22. The standard InChI is InChI=1S/C54H78N12O18/c1-26(2)42(51(80)57-24-40(71)59-37(25-67)49(78)60-34(18-19-41(72)73)47(76)58-28(5)45(74)62-36(54(83)84)22-30-11-8-7-9-12-30)63-48(77)35(23-39(56)70)61-52(81)44(29(6)68)65-50(79)38-13-10-20-66(38)53(82)43(27(3)4)64-46(75)33(55)21-31-14-16-32(69)17-15-31/h7-9,11-12,14-17,26-29,33-38,42-44,67-69H,10,13,18-25,55H2,1-6H3,(H2,56,70)(H,57,80)(H,58,76)(H,59,71)(H,60,78)(H,61,81)(H,62,74)(H,63,77)(H,64,75)(H,65,79)(H,72,73)(H,83,84)/t28-,29+,33-,34-,35-,36+,37-,38-,42-,43-,44-/m0/s1. The summed E-state index contributed by atoms with van der Waals surface area (Å²) in [6.45, 7) is 6.73. The van der Waals surface area contributed by atoms with E-state index in [0.717, 1.165) is 6.92 Å². The molecule has 1 fully saturated rings. The molecule has 11 atom stereocenters. The molecule has 84 heavy (non-hydrogen) atoms. The van der Waals surface area contributed by atoms with Crippen LogP contribution in [0.5, 0.6) is 5.75 Å². The van der Waals surface area contributed by atoms with E-state index in [0.29, 0.717) is 17.5 Å². The van der Waals surface area contributed by atoms with E-state index in [1.165, 1.54) is 37.8 Å². The number of carbonyl (C=O) groups excluding carboxylic acids is 11. The van der Waals surface area contributed by atoms with Crippen LogP contribution < -0.4 is 59.3 Å². The van der Waals surface area contributed by atoms with Crippen molar-refractivity contribution in [1.82, 2.24) is 52.8 Å². The van der Waals surface area contributed by atoms with Gasteiger partial charge in [-0.2, -0.15) is 0 Å². The summed E-state index contributed by atoms with van der Waals surface area (Å²) in [7, 11) is 0. The molecule has 18 N–H and O–H groups in total. The number of carbonyl (C=O) groups is 13. The molecular formula is C54H78N12O18. The first-order chi connectivity index (χ1) is 39.4. The van der Waals surface area contributed by atoms with E-state index in [4.69, 9.17) is 11.5 Å². The lowest BCUT2D eigenvalue weighted by molar-refractivity contribution is -0.143. The molecule has 0 spiro atoms. The maximum Gasteiger partial charge on any atom is 0.326 e. The summed E-state index contributed by atoms with van der Waals surface area (Å²) >= 11 is 0. The molecular weight excluding hydrogens is 1100 g/mol. The van der Waals surface area contributed by atoms with Gasteiger partial charge in [-0.05, 0) is 74.6 Å². The van der Waals surface area contributed by atoms with Gasteiger partial charge in [0.25, 0.3) is 0 Å². The number of carboxylic acid groups (broad SMARTS) is 2. The SMILES string of the molecule is CC(C)[C@H](NC(=O)[C@H](CC(N)=O)NC(=O)[C@@H](NC(=O)[C@@H]1CCCN1C(=O)[C@@H](NC(=O)[C@@H](N)Cc1ccc(O)cc1)C(C)C)[C@@H](C)O)C(=O)NCC(=O)N[C@@H](CO)C(=O)N[C@@H](CCC(=O)O)C(=O)N[C@@H](C)C(=O)N[C@H](Cc1ccccc1)C(=O)O. The van der Waals surface area contributed by atoms with Gasteiger partial charge in [-0.15, -0.1) is 0 Å². The molecule has 1 aliphatic heterocycles. The van der Waals surface area contributed by atoms with Crippen molar-refractivity contribution in [2.75, 3.05) is 19.7 Å². The first kappa shape index (κ1) is 69.5. The van der Waals surface area contributed by atoms with Gasteiger partial charge in [0.15, 0.2) is 0 Å². The average molecular weight is 1180 g/mol. The van der Waals surface area contributed by atoms with Gasteiger partial charge in [-0.3, -0.25) is 57.5 Å². The summed E-state index contributed by atoms with van der Waals surface area (Å²) in [4.78, 5) is 171. The maximum absolute atomic E-state index is 14.0. The minimum atomic E-state index is -1.83. The molecule has 30 heteroatoms. The summed E-state index contributed by atoms with van der Waals surface area (Å²) in [5, 5.41) is 70.2. The number of primary amides is 1. The number of nitrogens with zero attached hydrogens (tertiary/aromatic N) is 1. The number of aliphatic carboxylic acids is 2. The minimum Gasteiger partial charge on any atom is -0.508 e. The number of phenolic OH excluding ortho intramolecular Hbond substituents is 1. The first-order valence-corrected chi connectivity index (χ1v) is 27.0. The van der Waals surface area contributed by atoms with Crippen molar-refractivity contribution in [3.05, 3.63) is 65.7 Å².